The van der Waals surface area contributed by atoms with Crippen LogP contribution in [0, 0.1) is 0 Å². The highest BCUT2D eigenvalue weighted by atomic mass is 16.2. The van der Waals surface area contributed by atoms with Crippen molar-refractivity contribution >= 4 is 5.91 Å². The van der Waals surface area contributed by atoms with E-state index < -0.39 is 0 Å². The third-order valence-electron chi connectivity index (χ3n) is 6.01. The van der Waals surface area contributed by atoms with Gasteiger partial charge in [0.1, 0.15) is 5.54 Å². The van der Waals surface area contributed by atoms with Crippen LogP contribution in [0.3, 0.4) is 0 Å². The van der Waals surface area contributed by atoms with Gasteiger partial charge in [0.15, 0.2) is 0 Å². The minimum absolute atomic E-state index is 0.146. The molecular weight excluding hydrogens is 308 g/mol. The van der Waals surface area contributed by atoms with Crippen molar-refractivity contribution in [3.05, 3.63) is 71.8 Å². The van der Waals surface area contributed by atoms with Gasteiger partial charge in [-0.1, -0.05) is 60.7 Å². The van der Waals surface area contributed by atoms with E-state index in [2.05, 4.69) is 65.3 Å². The molecule has 4 rings (SSSR count). The molecule has 0 N–H and O–H groups in total. The number of rotatable bonds is 4. The number of nitrogens with zero attached hydrogens (tertiary/aromatic N) is 2. The minimum Gasteiger partial charge on any atom is -0.334 e. The van der Waals surface area contributed by atoms with E-state index in [1.807, 2.05) is 12.1 Å². The Morgan fingerprint density at radius 2 is 1.64 bits per heavy atom. The molecule has 1 amide bonds. The molecule has 2 aromatic rings. The third-order valence-corrected chi connectivity index (χ3v) is 6.01. The predicted octanol–water partition coefficient (Wildman–Crippen LogP) is 4.01. The first kappa shape index (κ1) is 16.3. The lowest BCUT2D eigenvalue weighted by Crippen LogP contribution is -2.50. The fraction of sp³-hybridized carbons (Fsp3) is 0.409. The molecule has 130 valence electrons. The minimum atomic E-state index is -0.279. The SMILES string of the molecule is C[C@H](c1ccccc1)N1CC[C@]2(CCCN2Cc2ccccc2)C1=O. The van der Waals surface area contributed by atoms with Crippen LogP contribution < -0.4 is 0 Å². The maximum atomic E-state index is 13.4. The Bertz CT molecular complexity index is 730. The van der Waals surface area contributed by atoms with Crippen LogP contribution in [0.4, 0.5) is 0 Å². The summed E-state index contributed by atoms with van der Waals surface area (Å²) in [5.74, 6) is 0.331. The van der Waals surface area contributed by atoms with Gasteiger partial charge >= 0.3 is 0 Å². The largest absolute Gasteiger partial charge is 0.334 e. The standard InChI is InChI=1S/C22H26N2O/c1-18(20-11-6-3-7-12-20)24-16-14-22(21(24)25)13-8-15-23(22)17-19-9-4-2-5-10-19/h2-7,9-12,18H,8,13-17H2,1H3/t18-,22-/m1/s1. The predicted molar refractivity (Wildman–Crippen MR) is 100 cm³/mol. The molecule has 0 radical (unpaired) electrons. The van der Waals surface area contributed by atoms with Gasteiger partial charge in [-0.05, 0) is 43.9 Å². The summed E-state index contributed by atoms with van der Waals surface area (Å²) in [6, 6.07) is 21.1. The summed E-state index contributed by atoms with van der Waals surface area (Å²) < 4.78 is 0. The normalized spacial score (nSPS) is 25.0. The highest BCUT2D eigenvalue weighted by Gasteiger charge is 2.53. The van der Waals surface area contributed by atoms with Crippen LogP contribution in [-0.2, 0) is 11.3 Å². The molecule has 2 aromatic carbocycles. The van der Waals surface area contributed by atoms with Gasteiger partial charge in [-0.2, -0.15) is 0 Å². The van der Waals surface area contributed by atoms with Crippen molar-refractivity contribution in [1.29, 1.82) is 0 Å². The molecule has 3 nitrogen and oxygen atoms in total. The van der Waals surface area contributed by atoms with Crippen LogP contribution in [0.1, 0.15) is 43.4 Å². The van der Waals surface area contributed by atoms with Gasteiger partial charge in [0.2, 0.25) is 5.91 Å². The lowest BCUT2D eigenvalue weighted by molar-refractivity contribution is -0.138. The zero-order chi connectivity index (χ0) is 17.3. The van der Waals surface area contributed by atoms with E-state index >= 15 is 0 Å². The van der Waals surface area contributed by atoms with Gasteiger partial charge in [0, 0.05) is 13.1 Å². The van der Waals surface area contributed by atoms with Crippen molar-refractivity contribution in [3.8, 4) is 0 Å². The second kappa shape index (κ2) is 6.64. The van der Waals surface area contributed by atoms with Gasteiger partial charge in [-0.3, -0.25) is 9.69 Å². The Morgan fingerprint density at radius 3 is 2.36 bits per heavy atom. The van der Waals surface area contributed by atoms with Crippen LogP contribution >= 0.6 is 0 Å². The van der Waals surface area contributed by atoms with E-state index in [9.17, 15) is 4.79 Å². The first-order valence-electron chi connectivity index (χ1n) is 9.36. The second-order valence-electron chi connectivity index (χ2n) is 7.38. The maximum absolute atomic E-state index is 13.4. The van der Waals surface area contributed by atoms with Gasteiger partial charge in [0.25, 0.3) is 0 Å². The summed E-state index contributed by atoms with van der Waals surface area (Å²) in [7, 11) is 0. The molecule has 25 heavy (non-hydrogen) atoms. The van der Waals surface area contributed by atoms with Crippen molar-refractivity contribution in [2.45, 2.75) is 44.3 Å². The summed E-state index contributed by atoms with van der Waals surface area (Å²) in [6.45, 7) is 4.91. The van der Waals surface area contributed by atoms with Gasteiger partial charge in [-0.25, -0.2) is 0 Å². The van der Waals surface area contributed by atoms with Gasteiger partial charge < -0.3 is 4.90 Å². The molecule has 2 fully saturated rings. The maximum Gasteiger partial charge on any atom is 0.243 e. The fourth-order valence-corrected chi connectivity index (χ4v) is 4.56. The number of carbonyl (C=O) groups is 1. The monoisotopic (exact) mass is 334 g/mol. The lowest BCUT2D eigenvalue weighted by Gasteiger charge is -2.34. The first-order chi connectivity index (χ1) is 12.2. The van der Waals surface area contributed by atoms with E-state index in [1.54, 1.807) is 0 Å². The van der Waals surface area contributed by atoms with Crippen LogP contribution in [0.15, 0.2) is 60.7 Å². The Hall–Kier alpha value is -2.13. The zero-order valence-corrected chi connectivity index (χ0v) is 14.9. The Kier molecular flexibility index (Phi) is 4.34. The van der Waals surface area contributed by atoms with E-state index in [0.29, 0.717) is 5.91 Å². The molecule has 0 aliphatic carbocycles. The molecule has 3 heteroatoms. The number of amides is 1. The molecule has 2 atom stereocenters. The lowest BCUT2D eigenvalue weighted by atomic mass is 9.93. The molecule has 0 aromatic heterocycles. The molecule has 2 aliphatic heterocycles. The van der Waals surface area contributed by atoms with Crippen LogP contribution in [0.2, 0.25) is 0 Å². The Labute approximate surface area is 150 Å². The van der Waals surface area contributed by atoms with Gasteiger partial charge in [0.05, 0.1) is 6.04 Å². The number of benzene rings is 2. The molecule has 2 aliphatic rings. The Morgan fingerprint density at radius 1 is 0.960 bits per heavy atom. The number of likely N-dealkylation sites (tertiary alicyclic amines) is 2. The smallest absolute Gasteiger partial charge is 0.243 e. The molecular formula is C22H26N2O. The van der Waals surface area contributed by atoms with Crippen LogP contribution in [-0.4, -0.2) is 34.3 Å². The fourth-order valence-electron chi connectivity index (χ4n) is 4.56. The van der Waals surface area contributed by atoms with Gasteiger partial charge in [-0.15, -0.1) is 0 Å². The number of hydrogen-bond acceptors (Lipinski definition) is 2. The summed E-state index contributed by atoms with van der Waals surface area (Å²) in [5, 5.41) is 0. The summed E-state index contributed by atoms with van der Waals surface area (Å²) >= 11 is 0. The average Bonchev–Trinajstić information content (AvgIpc) is 3.21. The zero-order valence-electron chi connectivity index (χ0n) is 14.9. The van der Waals surface area contributed by atoms with Crippen molar-refractivity contribution in [2.75, 3.05) is 13.1 Å². The van der Waals surface area contributed by atoms with E-state index in [1.165, 1.54) is 11.1 Å². The van der Waals surface area contributed by atoms with E-state index in [-0.39, 0.29) is 11.6 Å². The van der Waals surface area contributed by atoms with Crippen molar-refractivity contribution in [3.63, 3.8) is 0 Å². The first-order valence-corrected chi connectivity index (χ1v) is 9.36. The van der Waals surface area contributed by atoms with Crippen LogP contribution in [0.5, 0.6) is 0 Å². The second-order valence-corrected chi connectivity index (χ2v) is 7.38. The molecule has 0 unspecified atom stereocenters. The van der Waals surface area contributed by atoms with Crippen molar-refractivity contribution in [1.82, 2.24) is 9.80 Å². The number of carbonyl (C=O) groups excluding carboxylic acids is 1. The summed E-state index contributed by atoms with van der Waals surface area (Å²) in [4.78, 5) is 18.0. The van der Waals surface area contributed by atoms with Crippen LogP contribution in [0.25, 0.3) is 0 Å². The average molecular weight is 334 g/mol. The summed E-state index contributed by atoms with van der Waals surface area (Å²) in [5.41, 5.74) is 2.24. The molecule has 2 saturated heterocycles. The molecule has 2 heterocycles. The van der Waals surface area contributed by atoms with E-state index in [4.69, 9.17) is 0 Å². The molecule has 0 bridgehead atoms. The number of hydrogen-bond donors (Lipinski definition) is 0. The molecule has 1 spiro atoms. The summed E-state index contributed by atoms with van der Waals surface area (Å²) in [6.07, 6.45) is 3.07. The highest BCUT2D eigenvalue weighted by molar-refractivity contribution is 5.89. The highest BCUT2D eigenvalue weighted by Crippen LogP contribution is 2.42. The Balaban J connectivity index is 1.55. The topological polar surface area (TPSA) is 23.6 Å². The molecule has 0 saturated carbocycles. The third kappa shape index (κ3) is 2.87. The van der Waals surface area contributed by atoms with Crippen molar-refractivity contribution in [2.24, 2.45) is 0 Å². The van der Waals surface area contributed by atoms with E-state index in [0.717, 1.165) is 38.9 Å². The quantitative estimate of drug-likeness (QED) is 0.843. The van der Waals surface area contributed by atoms with Crippen molar-refractivity contribution < 1.29 is 4.79 Å².